The van der Waals surface area contributed by atoms with Crippen LogP contribution in [0, 0.1) is 0 Å². The Morgan fingerprint density at radius 2 is 1.35 bits per heavy atom. The number of methoxy groups -OCH3 is 2. The van der Waals surface area contributed by atoms with Crippen molar-refractivity contribution in [1.82, 2.24) is 10.9 Å². The molecule has 0 aliphatic heterocycles. The van der Waals surface area contributed by atoms with Crippen LogP contribution in [-0.2, 0) is 10.0 Å². The first kappa shape index (κ1) is 24.3. The average Bonchev–Trinajstić information content (AvgIpc) is 2.86. The zero-order chi connectivity index (χ0) is 24.6. The molecule has 0 radical (unpaired) electrons. The van der Waals surface area contributed by atoms with Crippen molar-refractivity contribution in [3.05, 3.63) is 94.9 Å². The maximum Gasteiger partial charge on any atom is 0.269 e. The number of hydrogen-bond acceptors (Lipinski definition) is 6. The molecule has 2 amide bonds. The van der Waals surface area contributed by atoms with Crippen LogP contribution in [0.15, 0.2) is 78.2 Å². The van der Waals surface area contributed by atoms with E-state index in [1.54, 1.807) is 30.3 Å². The highest BCUT2D eigenvalue weighted by Gasteiger charge is 2.13. The Labute approximate surface area is 197 Å². The van der Waals surface area contributed by atoms with Gasteiger partial charge in [-0.25, -0.2) is 8.42 Å². The number of carbonyl (C=O) groups is 2. The summed E-state index contributed by atoms with van der Waals surface area (Å²) in [5, 5.41) is 1.06. The Bertz CT molecular complexity index is 1290. The summed E-state index contributed by atoms with van der Waals surface area (Å²) in [5.74, 6) is -0.288. The third-order valence-electron chi connectivity index (χ3n) is 4.58. The lowest BCUT2D eigenvalue weighted by molar-refractivity contribution is 0.0846. The molecule has 3 rings (SSSR count). The molecule has 0 heterocycles. The van der Waals surface area contributed by atoms with Crippen LogP contribution in [0.4, 0.5) is 5.69 Å². The van der Waals surface area contributed by atoms with Crippen LogP contribution >= 0.6 is 0 Å². The van der Waals surface area contributed by atoms with Gasteiger partial charge in [0.2, 0.25) is 0 Å². The number of amides is 2. The molecule has 0 saturated carbocycles. The van der Waals surface area contributed by atoms with Crippen LogP contribution in [0.25, 0.3) is 6.08 Å². The molecular weight excluding hydrogens is 458 g/mol. The number of ether oxygens (including phenoxy) is 2. The summed E-state index contributed by atoms with van der Waals surface area (Å²) >= 11 is 0. The number of benzene rings is 3. The van der Waals surface area contributed by atoms with E-state index < -0.39 is 21.8 Å². The molecule has 3 aromatic rings. The Hall–Kier alpha value is -4.31. The van der Waals surface area contributed by atoms with Crippen molar-refractivity contribution < 1.29 is 27.5 Å². The monoisotopic (exact) mass is 481 g/mol. The van der Waals surface area contributed by atoms with E-state index in [-0.39, 0.29) is 16.8 Å². The van der Waals surface area contributed by atoms with Gasteiger partial charge in [0.05, 0.1) is 19.6 Å². The van der Waals surface area contributed by atoms with Crippen molar-refractivity contribution >= 4 is 33.6 Å². The van der Waals surface area contributed by atoms with Gasteiger partial charge in [-0.3, -0.25) is 25.2 Å². The van der Waals surface area contributed by atoms with Gasteiger partial charge in [0, 0.05) is 16.8 Å². The molecule has 9 nitrogen and oxygen atoms in total. The molecule has 0 aliphatic rings. The third kappa shape index (κ3) is 6.59. The quantitative estimate of drug-likeness (QED) is 0.425. The highest BCUT2D eigenvalue weighted by Crippen LogP contribution is 2.27. The zero-order valence-corrected chi connectivity index (χ0v) is 19.3. The summed E-state index contributed by atoms with van der Waals surface area (Å²) < 4.78 is 37.2. The number of carbonyl (C=O) groups excluding carboxylic acids is 2. The molecule has 176 valence electrons. The maximum absolute atomic E-state index is 12.3. The van der Waals surface area contributed by atoms with Crippen molar-refractivity contribution in [1.29, 1.82) is 0 Å². The molecule has 0 unspecified atom stereocenters. The Kier molecular flexibility index (Phi) is 7.88. The first-order chi connectivity index (χ1) is 16.3. The van der Waals surface area contributed by atoms with E-state index in [0.29, 0.717) is 11.5 Å². The lowest BCUT2D eigenvalue weighted by Gasteiger charge is -2.11. The summed E-state index contributed by atoms with van der Waals surface area (Å²) in [6.45, 7) is 0. The van der Waals surface area contributed by atoms with E-state index in [1.807, 2.05) is 6.07 Å². The van der Waals surface area contributed by atoms with E-state index in [2.05, 4.69) is 15.6 Å². The smallest absolute Gasteiger partial charge is 0.269 e. The number of hydrazine groups is 1. The maximum atomic E-state index is 12.3. The number of anilines is 1. The van der Waals surface area contributed by atoms with Gasteiger partial charge in [0.15, 0.2) is 11.5 Å². The second-order valence-corrected chi connectivity index (χ2v) is 8.48. The molecule has 34 heavy (non-hydrogen) atoms. The highest BCUT2D eigenvalue weighted by molar-refractivity contribution is 7.95. The fourth-order valence-electron chi connectivity index (χ4n) is 2.86. The molecule has 3 N–H and O–H groups in total. The summed E-state index contributed by atoms with van der Waals surface area (Å²) in [7, 11) is -0.805. The fourth-order valence-corrected chi connectivity index (χ4v) is 3.72. The van der Waals surface area contributed by atoms with Gasteiger partial charge in [-0.05, 0) is 54.1 Å². The lowest BCUT2D eigenvalue weighted by Crippen LogP contribution is -2.41. The van der Waals surface area contributed by atoms with Crippen LogP contribution in [0.3, 0.4) is 0 Å². The first-order valence-corrected chi connectivity index (χ1v) is 11.5. The van der Waals surface area contributed by atoms with Gasteiger partial charge < -0.3 is 9.47 Å². The highest BCUT2D eigenvalue weighted by atomic mass is 32.2. The molecule has 0 spiro atoms. The van der Waals surface area contributed by atoms with E-state index in [9.17, 15) is 18.0 Å². The Morgan fingerprint density at radius 1 is 0.765 bits per heavy atom. The summed E-state index contributed by atoms with van der Waals surface area (Å²) in [5.41, 5.74) is 6.13. The van der Waals surface area contributed by atoms with Gasteiger partial charge in [0.25, 0.3) is 21.8 Å². The predicted octanol–water partition coefficient (Wildman–Crippen LogP) is 3.19. The molecule has 0 atom stereocenters. The van der Waals surface area contributed by atoms with Gasteiger partial charge in [-0.1, -0.05) is 30.3 Å². The zero-order valence-electron chi connectivity index (χ0n) is 18.4. The van der Waals surface area contributed by atoms with E-state index in [4.69, 9.17) is 9.47 Å². The topological polar surface area (TPSA) is 123 Å². The lowest BCUT2D eigenvalue weighted by atomic mass is 10.2. The molecule has 10 heteroatoms. The van der Waals surface area contributed by atoms with Crippen LogP contribution < -0.4 is 25.0 Å². The predicted molar refractivity (Wildman–Crippen MR) is 129 cm³/mol. The molecule has 3 aromatic carbocycles. The van der Waals surface area contributed by atoms with Gasteiger partial charge >= 0.3 is 0 Å². The van der Waals surface area contributed by atoms with Crippen molar-refractivity contribution in [2.75, 3.05) is 18.9 Å². The number of nitrogens with one attached hydrogen (secondary N) is 3. The molecular formula is C24H23N3O6S. The average molecular weight is 482 g/mol. The Morgan fingerprint density at radius 3 is 1.97 bits per heavy atom. The minimum atomic E-state index is -3.74. The molecule has 0 aromatic heterocycles. The van der Waals surface area contributed by atoms with E-state index in [0.717, 1.165) is 11.0 Å². The van der Waals surface area contributed by atoms with Crippen molar-refractivity contribution in [3.63, 3.8) is 0 Å². The largest absolute Gasteiger partial charge is 0.493 e. The van der Waals surface area contributed by atoms with Crippen LogP contribution in [0.2, 0.25) is 0 Å². The first-order valence-electron chi connectivity index (χ1n) is 10.00. The minimum Gasteiger partial charge on any atom is -0.493 e. The summed E-state index contributed by atoms with van der Waals surface area (Å²) in [4.78, 5) is 24.7. The van der Waals surface area contributed by atoms with Crippen molar-refractivity contribution in [2.24, 2.45) is 0 Å². The third-order valence-corrected chi connectivity index (χ3v) is 5.60. The second-order valence-electron chi connectivity index (χ2n) is 6.92. The van der Waals surface area contributed by atoms with Gasteiger partial charge in [-0.2, -0.15) is 0 Å². The summed E-state index contributed by atoms with van der Waals surface area (Å²) in [6, 6.07) is 19.3. The normalized spacial score (nSPS) is 11.0. The summed E-state index contributed by atoms with van der Waals surface area (Å²) in [6.07, 6.45) is 1.48. The molecule has 0 bridgehead atoms. The van der Waals surface area contributed by atoms with Crippen molar-refractivity contribution in [3.8, 4) is 11.5 Å². The fraction of sp³-hybridized carbons (Fsp3) is 0.0833. The standard InChI is InChI=1S/C24H23N3O6S/c1-32-21-13-10-19(16-22(21)33-2)24(29)26-25-23(28)18-8-11-20(12-9-18)27-34(30,31)15-14-17-6-4-3-5-7-17/h3-16,27H,1-2H3,(H,25,28)(H,26,29)/b15-14+. The van der Waals surface area contributed by atoms with E-state index in [1.165, 1.54) is 56.7 Å². The van der Waals surface area contributed by atoms with Gasteiger partial charge in [0.1, 0.15) is 0 Å². The number of sulfonamides is 1. The van der Waals surface area contributed by atoms with Crippen LogP contribution in [0.5, 0.6) is 11.5 Å². The van der Waals surface area contributed by atoms with Crippen LogP contribution in [-0.4, -0.2) is 34.5 Å². The van der Waals surface area contributed by atoms with Gasteiger partial charge in [-0.15, -0.1) is 0 Å². The SMILES string of the molecule is COc1ccc(C(=O)NNC(=O)c2ccc(NS(=O)(=O)/C=C/c3ccccc3)cc2)cc1OC. The Balaban J connectivity index is 1.57. The van der Waals surface area contributed by atoms with Crippen molar-refractivity contribution in [2.45, 2.75) is 0 Å². The molecule has 0 saturated heterocycles. The number of rotatable bonds is 8. The van der Waals surface area contributed by atoms with Crippen LogP contribution in [0.1, 0.15) is 26.3 Å². The molecule has 0 fully saturated rings. The second kappa shape index (κ2) is 11.0. The number of hydrogen-bond donors (Lipinski definition) is 3. The molecule has 0 aliphatic carbocycles. The minimum absolute atomic E-state index is 0.218. The van der Waals surface area contributed by atoms with E-state index >= 15 is 0 Å².